The lowest BCUT2D eigenvalue weighted by Crippen LogP contribution is -2.44. The normalized spacial score (nSPS) is 24.1. The molecule has 1 unspecified atom stereocenters. The Hall–Kier alpha value is -1.10. The van der Waals surface area contributed by atoms with Gasteiger partial charge in [0.2, 0.25) is 5.91 Å². The molecule has 0 radical (unpaired) electrons. The Balaban J connectivity index is 2.36. The minimum atomic E-state index is -1.08. The molecule has 0 spiro atoms. The van der Waals surface area contributed by atoms with Gasteiger partial charge in [0.25, 0.3) is 0 Å². The fraction of sp³-hybridized carbons (Fsp3) is 0.867. The summed E-state index contributed by atoms with van der Waals surface area (Å²) in [6.45, 7) is 1.95. The van der Waals surface area contributed by atoms with Gasteiger partial charge in [0.05, 0.1) is 0 Å². The second-order valence-electron chi connectivity index (χ2n) is 5.77. The first-order valence-corrected chi connectivity index (χ1v) is 7.72. The number of aliphatic hydroxyl groups excluding tert-OH is 1. The van der Waals surface area contributed by atoms with Crippen molar-refractivity contribution in [2.24, 2.45) is 11.8 Å². The third kappa shape index (κ3) is 5.49. The molecular formula is C15H27NO4. The van der Waals surface area contributed by atoms with E-state index in [0.29, 0.717) is 0 Å². The minimum Gasteiger partial charge on any atom is -0.480 e. The average molecular weight is 285 g/mol. The van der Waals surface area contributed by atoms with Gasteiger partial charge in [0.15, 0.2) is 0 Å². The highest BCUT2D eigenvalue weighted by Crippen LogP contribution is 2.32. The molecule has 1 rings (SSSR count). The summed E-state index contributed by atoms with van der Waals surface area (Å²) < 4.78 is 0. The molecule has 116 valence electrons. The van der Waals surface area contributed by atoms with Crippen LogP contribution in [0, 0.1) is 11.8 Å². The van der Waals surface area contributed by atoms with Gasteiger partial charge in [-0.05, 0) is 31.6 Å². The number of carbonyl (C=O) groups is 2. The number of aliphatic carboxylic acids is 1. The third-order valence-corrected chi connectivity index (χ3v) is 4.22. The molecule has 1 fully saturated rings. The Morgan fingerprint density at radius 2 is 1.90 bits per heavy atom. The highest BCUT2D eigenvalue weighted by Gasteiger charge is 2.28. The lowest BCUT2D eigenvalue weighted by molar-refractivity contribution is -0.143. The van der Waals surface area contributed by atoms with E-state index in [2.05, 4.69) is 12.2 Å². The minimum absolute atomic E-state index is 0.0616. The molecule has 0 aromatic carbocycles. The number of amides is 1. The van der Waals surface area contributed by atoms with Crippen molar-refractivity contribution in [3.8, 4) is 0 Å². The maximum atomic E-state index is 12.1. The van der Waals surface area contributed by atoms with Crippen molar-refractivity contribution >= 4 is 11.9 Å². The summed E-state index contributed by atoms with van der Waals surface area (Å²) in [5, 5.41) is 20.3. The molecule has 1 amide bonds. The van der Waals surface area contributed by atoms with E-state index in [1.165, 1.54) is 19.3 Å². The second-order valence-corrected chi connectivity index (χ2v) is 5.77. The molecule has 20 heavy (non-hydrogen) atoms. The second kappa shape index (κ2) is 8.95. The fourth-order valence-electron chi connectivity index (χ4n) is 2.88. The van der Waals surface area contributed by atoms with Crippen molar-refractivity contribution in [3.63, 3.8) is 0 Å². The van der Waals surface area contributed by atoms with E-state index < -0.39 is 12.0 Å². The number of carboxylic acid groups (broad SMARTS) is 1. The number of aliphatic hydroxyl groups is 1. The summed E-state index contributed by atoms with van der Waals surface area (Å²) in [5.74, 6) is -0.580. The summed E-state index contributed by atoms with van der Waals surface area (Å²) in [6, 6.07) is -0.967. The SMILES string of the molecule is CCCCC1CCC(C(=O)NC(CCO)C(=O)O)CC1. The van der Waals surface area contributed by atoms with Crippen molar-refractivity contribution in [1.82, 2.24) is 5.32 Å². The van der Waals surface area contributed by atoms with Gasteiger partial charge in [-0.25, -0.2) is 4.79 Å². The van der Waals surface area contributed by atoms with Crippen LogP contribution >= 0.6 is 0 Å². The number of carbonyl (C=O) groups excluding carboxylic acids is 1. The molecule has 5 nitrogen and oxygen atoms in total. The van der Waals surface area contributed by atoms with Crippen molar-refractivity contribution in [2.45, 2.75) is 64.3 Å². The quantitative estimate of drug-likeness (QED) is 0.636. The highest BCUT2D eigenvalue weighted by molar-refractivity contribution is 5.84. The molecule has 0 aromatic rings. The van der Waals surface area contributed by atoms with Crippen LogP contribution in [-0.2, 0) is 9.59 Å². The first-order valence-electron chi connectivity index (χ1n) is 7.72. The van der Waals surface area contributed by atoms with Gasteiger partial charge in [-0.1, -0.05) is 26.2 Å². The van der Waals surface area contributed by atoms with Crippen molar-refractivity contribution < 1.29 is 19.8 Å². The molecule has 0 aliphatic heterocycles. The van der Waals surface area contributed by atoms with Crippen LogP contribution in [0.1, 0.15) is 58.3 Å². The average Bonchev–Trinajstić information content (AvgIpc) is 2.45. The maximum Gasteiger partial charge on any atom is 0.326 e. The zero-order valence-corrected chi connectivity index (χ0v) is 12.3. The maximum absolute atomic E-state index is 12.1. The number of nitrogens with one attached hydrogen (secondary N) is 1. The molecule has 0 saturated heterocycles. The van der Waals surface area contributed by atoms with Gasteiger partial charge in [0.1, 0.15) is 6.04 Å². The van der Waals surface area contributed by atoms with Crippen molar-refractivity contribution in [3.05, 3.63) is 0 Å². The Morgan fingerprint density at radius 1 is 1.25 bits per heavy atom. The van der Waals surface area contributed by atoms with E-state index in [-0.39, 0.29) is 24.9 Å². The fourth-order valence-corrected chi connectivity index (χ4v) is 2.88. The molecule has 1 aliphatic carbocycles. The summed E-state index contributed by atoms with van der Waals surface area (Å²) in [5.41, 5.74) is 0. The Bertz CT molecular complexity index is 311. The van der Waals surface area contributed by atoms with Gasteiger partial charge in [-0.2, -0.15) is 0 Å². The molecule has 1 aliphatic rings. The zero-order chi connectivity index (χ0) is 15.0. The van der Waals surface area contributed by atoms with Gasteiger partial charge in [0, 0.05) is 18.9 Å². The summed E-state index contributed by atoms with van der Waals surface area (Å²) in [7, 11) is 0. The van der Waals surface area contributed by atoms with Crippen LogP contribution in [0.2, 0.25) is 0 Å². The van der Waals surface area contributed by atoms with E-state index >= 15 is 0 Å². The monoisotopic (exact) mass is 285 g/mol. The largest absolute Gasteiger partial charge is 0.480 e. The van der Waals surface area contributed by atoms with Crippen LogP contribution in [0.5, 0.6) is 0 Å². The van der Waals surface area contributed by atoms with Gasteiger partial charge >= 0.3 is 5.97 Å². The molecule has 0 aromatic heterocycles. The Kier molecular flexibility index (Phi) is 7.59. The Morgan fingerprint density at radius 3 is 2.40 bits per heavy atom. The van der Waals surface area contributed by atoms with Gasteiger partial charge in [-0.15, -0.1) is 0 Å². The first-order chi connectivity index (χ1) is 9.58. The molecule has 5 heteroatoms. The predicted octanol–water partition coefficient (Wildman–Crippen LogP) is 1.93. The first kappa shape index (κ1) is 17.0. The number of hydrogen-bond donors (Lipinski definition) is 3. The number of rotatable bonds is 8. The molecular weight excluding hydrogens is 258 g/mol. The molecule has 1 atom stereocenters. The summed E-state index contributed by atoms with van der Waals surface area (Å²) in [4.78, 5) is 23.0. The lowest BCUT2D eigenvalue weighted by atomic mass is 9.79. The molecule has 1 saturated carbocycles. The van der Waals surface area contributed by atoms with E-state index in [4.69, 9.17) is 10.2 Å². The molecule has 0 heterocycles. The third-order valence-electron chi connectivity index (χ3n) is 4.22. The number of hydrogen-bond acceptors (Lipinski definition) is 3. The predicted molar refractivity (Wildman–Crippen MR) is 76.2 cm³/mol. The van der Waals surface area contributed by atoms with Crippen LogP contribution in [0.15, 0.2) is 0 Å². The van der Waals surface area contributed by atoms with Crippen LogP contribution < -0.4 is 5.32 Å². The van der Waals surface area contributed by atoms with Gasteiger partial charge in [-0.3, -0.25) is 4.79 Å². The summed E-state index contributed by atoms with van der Waals surface area (Å²) in [6.07, 6.45) is 7.60. The van der Waals surface area contributed by atoms with E-state index in [1.807, 2.05) is 0 Å². The zero-order valence-electron chi connectivity index (χ0n) is 12.3. The Labute approximate surface area is 120 Å². The van der Waals surface area contributed by atoms with E-state index in [9.17, 15) is 9.59 Å². The summed E-state index contributed by atoms with van der Waals surface area (Å²) >= 11 is 0. The molecule has 0 bridgehead atoms. The molecule has 3 N–H and O–H groups in total. The standard InChI is InChI=1S/C15H27NO4/c1-2-3-4-11-5-7-12(8-6-11)14(18)16-13(9-10-17)15(19)20/h11-13,17H,2-10H2,1H3,(H,16,18)(H,19,20). The van der Waals surface area contributed by atoms with Crippen LogP contribution in [0.4, 0.5) is 0 Å². The number of carboxylic acids is 1. The number of unbranched alkanes of at least 4 members (excludes halogenated alkanes) is 1. The lowest BCUT2D eigenvalue weighted by Gasteiger charge is -2.28. The smallest absolute Gasteiger partial charge is 0.326 e. The highest BCUT2D eigenvalue weighted by atomic mass is 16.4. The van der Waals surface area contributed by atoms with E-state index in [0.717, 1.165) is 31.6 Å². The van der Waals surface area contributed by atoms with Crippen molar-refractivity contribution in [2.75, 3.05) is 6.61 Å². The van der Waals surface area contributed by atoms with Crippen LogP contribution in [0.25, 0.3) is 0 Å². The van der Waals surface area contributed by atoms with Crippen LogP contribution in [0.3, 0.4) is 0 Å². The van der Waals surface area contributed by atoms with E-state index in [1.54, 1.807) is 0 Å². The van der Waals surface area contributed by atoms with Crippen molar-refractivity contribution in [1.29, 1.82) is 0 Å². The van der Waals surface area contributed by atoms with Crippen LogP contribution in [-0.4, -0.2) is 34.7 Å². The topological polar surface area (TPSA) is 86.6 Å². The van der Waals surface area contributed by atoms with Gasteiger partial charge < -0.3 is 15.5 Å².